The van der Waals surface area contributed by atoms with E-state index in [1.54, 1.807) is 17.4 Å². The molecule has 0 radical (unpaired) electrons. The van der Waals surface area contributed by atoms with Gasteiger partial charge in [-0.2, -0.15) is 13.2 Å². The van der Waals surface area contributed by atoms with Crippen molar-refractivity contribution in [3.63, 3.8) is 0 Å². The summed E-state index contributed by atoms with van der Waals surface area (Å²) in [6, 6.07) is 7.46. The van der Waals surface area contributed by atoms with E-state index < -0.39 is 11.7 Å². The van der Waals surface area contributed by atoms with E-state index in [1.165, 1.54) is 29.0 Å². The third kappa shape index (κ3) is 3.90. The van der Waals surface area contributed by atoms with Crippen LogP contribution >= 0.6 is 11.3 Å². The standard InChI is InChI=1S/C21H23F3N2OS/c1-14-5-6-18-15(11-14)12-19(28-18)20(27)26-9-7-25(8-10-26)17-4-2-3-16(13-17)21(22,23)24/h2-4,12-14H,5-11H2,1H3/t14-/m0/s1. The van der Waals surface area contributed by atoms with E-state index in [1.807, 2.05) is 9.80 Å². The highest BCUT2D eigenvalue weighted by molar-refractivity contribution is 7.14. The molecule has 1 aliphatic carbocycles. The summed E-state index contributed by atoms with van der Waals surface area (Å²) in [4.78, 5) is 18.8. The zero-order valence-corrected chi connectivity index (χ0v) is 16.6. The van der Waals surface area contributed by atoms with E-state index in [2.05, 4.69) is 13.0 Å². The van der Waals surface area contributed by atoms with Crippen molar-refractivity contribution in [3.8, 4) is 0 Å². The molecule has 0 spiro atoms. The number of nitrogens with zero attached hydrogens (tertiary/aromatic N) is 2. The topological polar surface area (TPSA) is 23.6 Å². The van der Waals surface area contributed by atoms with E-state index in [-0.39, 0.29) is 5.91 Å². The van der Waals surface area contributed by atoms with Crippen molar-refractivity contribution in [2.45, 2.75) is 32.4 Å². The Morgan fingerprint density at radius 3 is 2.61 bits per heavy atom. The summed E-state index contributed by atoms with van der Waals surface area (Å²) in [5.74, 6) is 0.719. The molecular weight excluding hydrogens is 385 g/mol. The number of carbonyl (C=O) groups is 1. The monoisotopic (exact) mass is 408 g/mol. The highest BCUT2D eigenvalue weighted by Crippen LogP contribution is 2.34. The molecule has 0 N–H and O–H groups in total. The molecule has 0 bridgehead atoms. The number of benzene rings is 1. The predicted octanol–water partition coefficient (Wildman–Crippen LogP) is 4.85. The predicted molar refractivity (Wildman–Crippen MR) is 105 cm³/mol. The third-order valence-corrected chi connectivity index (χ3v) is 6.87. The number of hydrogen-bond acceptors (Lipinski definition) is 3. The number of piperazine rings is 1. The van der Waals surface area contributed by atoms with Crippen LogP contribution in [0.5, 0.6) is 0 Å². The number of fused-ring (bicyclic) bond motifs is 1. The fourth-order valence-electron chi connectivity index (χ4n) is 4.01. The lowest BCUT2D eigenvalue weighted by molar-refractivity contribution is -0.137. The van der Waals surface area contributed by atoms with E-state index in [9.17, 15) is 18.0 Å². The number of rotatable bonds is 2. The lowest BCUT2D eigenvalue weighted by atomic mass is 9.90. The number of halogens is 3. The van der Waals surface area contributed by atoms with Gasteiger partial charge in [-0.1, -0.05) is 13.0 Å². The van der Waals surface area contributed by atoms with Gasteiger partial charge in [0.2, 0.25) is 0 Å². The molecular formula is C21H23F3N2OS. The highest BCUT2D eigenvalue weighted by Gasteiger charge is 2.31. The van der Waals surface area contributed by atoms with Crippen LogP contribution in [0.15, 0.2) is 30.3 Å². The van der Waals surface area contributed by atoms with Gasteiger partial charge in [0.15, 0.2) is 0 Å². The minimum atomic E-state index is -4.34. The van der Waals surface area contributed by atoms with Gasteiger partial charge in [-0.25, -0.2) is 0 Å². The molecule has 28 heavy (non-hydrogen) atoms. The van der Waals surface area contributed by atoms with Gasteiger partial charge < -0.3 is 9.80 Å². The number of alkyl halides is 3. The molecule has 7 heteroatoms. The summed E-state index contributed by atoms with van der Waals surface area (Å²) in [7, 11) is 0. The zero-order chi connectivity index (χ0) is 19.9. The van der Waals surface area contributed by atoms with Crippen LogP contribution in [0.2, 0.25) is 0 Å². The van der Waals surface area contributed by atoms with E-state index in [0.29, 0.717) is 37.8 Å². The molecule has 1 atom stereocenters. The quantitative estimate of drug-likeness (QED) is 0.709. The molecule has 1 saturated heterocycles. The SMILES string of the molecule is C[C@H]1CCc2sc(C(=O)N3CCN(c4cccc(C(F)(F)F)c4)CC3)cc2C1. The average molecular weight is 408 g/mol. The van der Waals surface area contributed by atoms with E-state index >= 15 is 0 Å². The maximum Gasteiger partial charge on any atom is 0.416 e. The molecule has 0 unspecified atom stereocenters. The Morgan fingerprint density at radius 1 is 1.14 bits per heavy atom. The molecule has 1 fully saturated rings. The van der Waals surface area contributed by atoms with Gasteiger partial charge in [0.1, 0.15) is 0 Å². The number of aryl methyl sites for hydroxylation is 1. The van der Waals surface area contributed by atoms with Crippen molar-refractivity contribution in [2.24, 2.45) is 5.92 Å². The Balaban J connectivity index is 1.41. The Hall–Kier alpha value is -2.02. The summed E-state index contributed by atoms with van der Waals surface area (Å²) >= 11 is 1.61. The van der Waals surface area contributed by atoms with Crippen LogP contribution in [0, 0.1) is 5.92 Å². The Bertz CT molecular complexity index is 869. The molecule has 1 aromatic carbocycles. The highest BCUT2D eigenvalue weighted by atomic mass is 32.1. The van der Waals surface area contributed by atoms with Crippen LogP contribution < -0.4 is 4.90 Å². The van der Waals surface area contributed by atoms with Crippen LogP contribution in [0.4, 0.5) is 18.9 Å². The second-order valence-electron chi connectivity index (χ2n) is 7.73. The summed E-state index contributed by atoms with van der Waals surface area (Å²) in [5, 5.41) is 0. The lowest BCUT2D eigenvalue weighted by Gasteiger charge is -2.36. The number of amides is 1. The van der Waals surface area contributed by atoms with Crippen molar-refractivity contribution in [1.29, 1.82) is 0 Å². The van der Waals surface area contributed by atoms with Gasteiger partial charge >= 0.3 is 6.18 Å². The zero-order valence-electron chi connectivity index (χ0n) is 15.8. The molecule has 2 aromatic rings. The molecule has 0 saturated carbocycles. The smallest absolute Gasteiger partial charge is 0.368 e. The van der Waals surface area contributed by atoms with Crippen LogP contribution in [-0.2, 0) is 19.0 Å². The second-order valence-corrected chi connectivity index (χ2v) is 8.87. The number of anilines is 1. The first-order chi connectivity index (χ1) is 13.3. The Kier molecular flexibility index (Phi) is 5.12. The van der Waals surface area contributed by atoms with Crippen molar-refractivity contribution < 1.29 is 18.0 Å². The van der Waals surface area contributed by atoms with Gasteiger partial charge in [-0.3, -0.25) is 4.79 Å². The van der Waals surface area contributed by atoms with E-state index in [4.69, 9.17) is 0 Å². The second kappa shape index (κ2) is 7.43. The van der Waals surface area contributed by atoms with Crippen LogP contribution in [0.25, 0.3) is 0 Å². The van der Waals surface area contributed by atoms with Gasteiger partial charge in [-0.05, 0) is 55.0 Å². The first-order valence-electron chi connectivity index (χ1n) is 9.64. The minimum Gasteiger partial charge on any atom is -0.368 e. The number of thiophene rings is 1. The van der Waals surface area contributed by atoms with Crippen molar-refractivity contribution in [3.05, 3.63) is 51.2 Å². The third-order valence-electron chi connectivity index (χ3n) is 5.65. The van der Waals surface area contributed by atoms with Gasteiger partial charge in [0.25, 0.3) is 5.91 Å². The first kappa shape index (κ1) is 19.3. The number of hydrogen-bond donors (Lipinski definition) is 0. The van der Waals surface area contributed by atoms with Crippen molar-refractivity contribution >= 4 is 22.9 Å². The summed E-state index contributed by atoms with van der Waals surface area (Å²) < 4.78 is 38.8. The molecule has 1 aromatic heterocycles. The summed E-state index contributed by atoms with van der Waals surface area (Å²) in [6.07, 6.45) is -1.07. The van der Waals surface area contributed by atoms with Crippen LogP contribution in [-0.4, -0.2) is 37.0 Å². The average Bonchev–Trinajstić information content (AvgIpc) is 3.10. The van der Waals surface area contributed by atoms with Crippen molar-refractivity contribution in [1.82, 2.24) is 4.90 Å². The number of carbonyl (C=O) groups excluding carboxylic acids is 1. The van der Waals surface area contributed by atoms with E-state index in [0.717, 1.165) is 23.8 Å². The minimum absolute atomic E-state index is 0.0516. The van der Waals surface area contributed by atoms with Gasteiger partial charge in [0, 0.05) is 36.7 Å². The van der Waals surface area contributed by atoms with Crippen LogP contribution in [0.1, 0.15) is 39.0 Å². The first-order valence-corrected chi connectivity index (χ1v) is 10.5. The summed E-state index contributed by atoms with van der Waals surface area (Å²) in [6.45, 7) is 4.36. The van der Waals surface area contributed by atoms with Crippen molar-refractivity contribution in [2.75, 3.05) is 31.1 Å². The fourth-order valence-corrected chi connectivity index (χ4v) is 5.19. The Morgan fingerprint density at radius 2 is 1.89 bits per heavy atom. The molecule has 1 aliphatic heterocycles. The molecule has 1 amide bonds. The lowest BCUT2D eigenvalue weighted by Crippen LogP contribution is -2.48. The van der Waals surface area contributed by atoms with Crippen LogP contribution in [0.3, 0.4) is 0 Å². The molecule has 4 rings (SSSR count). The molecule has 3 nitrogen and oxygen atoms in total. The molecule has 150 valence electrons. The maximum absolute atomic E-state index is 12.9. The largest absolute Gasteiger partial charge is 0.416 e. The normalized spacial score (nSPS) is 20.2. The molecule has 2 heterocycles. The van der Waals surface area contributed by atoms with Gasteiger partial charge in [-0.15, -0.1) is 11.3 Å². The summed E-state index contributed by atoms with van der Waals surface area (Å²) in [5.41, 5.74) is 1.24. The van der Waals surface area contributed by atoms with Gasteiger partial charge in [0.05, 0.1) is 10.4 Å². The molecule has 2 aliphatic rings. The fraction of sp³-hybridized carbons (Fsp3) is 0.476. The maximum atomic E-state index is 12.9. The Labute approximate surface area is 166 Å².